The molecule has 0 heterocycles. The lowest BCUT2D eigenvalue weighted by atomic mass is 10.1. The second-order valence-electron chi connectivity index (χ2n) is 2.98. The van der Waals surface area contributed by atoms with Gasteiger partial charge in [0.1, 0.15) is 5.75 Å². The highest BCUT2D eigenvalue weighted by Gasteiger charge is 2.01. The zero-order valence-corrected chi connectivity index (χ0v) is 8.28. The summed E-state index contributed by atoms with van der Waals surface area (Å²) in [6.45, 7) is 1.68. The third-order valence-electron chi connectivity index (χ3n) is 1.73. The van der Waals surface area contributed by atoms with E-state index in [2.05, 4.69) is 0 Å². The van der Waals surface area contributed by atoms with Crippen LogP contribution in [0.1, 0.15) is 17.3 Å². The molecule has 0 radical (unpaired) electrons. The number of benzene rings is 1. The van der Waals surface area contributed by atoms with Crippen molar-refractivity contribution >= 4 is 5.78 Å². The molecule has 0 unspecified atom stereocenters. The van der Waals surface area contributed by atoms with Gasteiger partial charge in [-0.25, -0.2) is 0 Å². The number of ketones is 1. The van der Waals surface area contributed by atoms with Crippen molar-refractivity contribution in [2.24, 2.45) is 5.73 Å². The van der Waals surface area contributed by atoms with Crippen molar-refractivity contribution in [1.82, 2.24) is 0 Å². The first-order valence-corrected chi connectivity index (χ1v) is 4.25. The monoisotopic (exact) mass is 191 g/mol. The smallest absolute Gasteiger partial charge is 0.187 e. The molecule has 0 aromatic heterocycles. The van der Waals surface area contributed by atoms with E-state index >= 15 is 0 Å². The molecule has 1 rings (SSSR count). The third-order valence-corrected chi connectivity index (χ3v) is 1.73. The Morgan fingerprint density at radius 3 is 2.36 bits per heavy atom. The fourth-order valence-electron chi connectivity index (χ4n) is 1.05. The quantitative estimate of drug-likeness (QED) is 0.584. The van der Waals surface area contributed by atoms with Crippen LogP contribution in [0, 0.1) is 0 Å². The van der Waals surface area contributed by atoms with Gasteiger partial charge in [0.05, 0.1) is 7.11 Å². The minimum absolute atomic E-state index is 0.0901. The second kappa shape index (κ2) is 4.46. The van der Waals surface area contributed by atoms with Crippen molar-refractivity contribution in [3.63, 3.8) is 0 Å². The van der Waals surface area contributed by atoms with Crippen molar-refractivity contribution in [3.8, 4) is 5.75 Å². The summed E-state index contributed by atoms with van der Waals surface area (Å²) in [5.41, 5.74) is 6.51. The van der Waals surface area contributed by atoms with E-state index in [1.54, 1.807) is 38.3 Å². The maximum absolute atomic E-state index is 11.5. The molecule has 0 atom stereocenters. The van der Waals surface area contributed by atoms with Crippen LogP contribution >= 0.6 is 0 Å². The molecule has 3 heteroatoms. The van der Waals surface area contributed by atoms with Crippen LogP contribution in [0.15, 0.2) is 36.0 Å². The lowest BCUT2D eigenvalue weighted by Gasteiger charge is -2.00. The predicted molar refractivity (Wildman–Crippen MR) is 55.3 cm³/mol. The summed E-state index contributed by atoms with van der Waals surface area (Å²) in [6.07, 6.45) is 1.40. The van der Waals surface area contributed by atoms with Crippen molar-refractivity contribution in [3.05, 3.63) is 41.6 Å². The fraction of sp³-hybridized carbons (Fsp3) is 0.182. The zero-order chi connectivity index (χ0) is 10.6. The molecule has 1 aromatic carbocycles. The van der Waals surface area contributed by atoms with Gasteiger partial charge < -0.3 is 10.5 Å². The van der Waals surface area contributed by atoms with E-state index in [1.807, 2.05) is 0 Å². The number of methoxy groups -OCH3 is 1. The maximum atomic E-state index is 11.5. The van der Waals surface area contributed by atoms with Crippen LogP contribution in [0.2, 0.25) is 0 Å². The molecule has 0 aliphatic carbocycles. The van der Waals surface area contributed by atoms with Gasteiger partial charge in [0, 0.05) is 17.3 Å². The van der Waals surface area contributed by atoms with E-state index in [4.69, 9.17) is 10.5 Å². The average Bonchev–Trinajstić information content (AvgIpc) is 2.17. The molecule has 0 aliphatic heterocycles. The molecule has 0 amide bonds. The van der Waals surface area contributed by atoms with E-state index in [0.29, 0.717) is 11.3 Å². The highest BCUT2D eigenvalue weighted by Crippen LogP contribution is 2.12. The van der Waals surface area contributed by atoms with Crippen LogP contribution in [0.5, 0.6) is 5.75 Å². The van der Waals surface area contributed by atoms with Crippen LogP contribution in [-0.4, -0.2) is 12.9 Å². The highest BCUT2D eigenvalue weighted by molar-refractivity contribution is 6.04. The molecule has 0 saturated heterocycles. The first-order chi connectivity index (χ1) is 6.63. The van der Waals surface area contributed by atoms with Crippen LogP contribution in [0.4, 0.5) is 0 Å². The lowest BCUT2D eigenvalue weighted by Crippen LogP contribution is -1.99. The number of rotatable bonds is 3. The van der Waals surface area contributed by atoms with E-state index < -0.39 is 0 Å². The Kier molecular flexibility index (Phi) is 3.29. The topological polar surface area (TPSA) is 52.3 Å². The van der Waals surface area contributed by atoms with Gasteiger partial charge in [0.25, 0.3) is 0 Å². The molecule has 0 fully saturated rings. The minimum Gasteiger partial charge on any atom is -0.497 e. The first-order valence-electron chi connectivity index (χ1n) is 4.25. The Balaban J connectivity index is 2.87. The van der Waals surface area contributed by atoms with Gasteiger partial charge in [0.2, 0.25) is 0 Å². The van der Waals surface area contributed by atoms with Gasteiger partial charge >= 0.3 is 0 Å². The van der Waals surface area contributed by atoms with Gasteiger partial charge in [-0.3, -0.25) is 4.79 Å². The molecular weight excluding hydrogens is 178 g/mol. The van der Waals surface area contributed by atoms with Gasteiger partial charge in [-0.05, 0) is 31.2 Å². The van der Waals surface area contributed by atoms with Gasteiger partial charge in [-0.2, -0.15) is 0 Å². The summed E-state index contributed by atoms with van der Waals surface area (Å²) in [7, 11) is 1.58. The van der Waals surface area contributed by atoms with E-state index in [-0.39, 0.29) is 5.78 Å². The summed E-state index contributed by atoms with van der Waals surface area (Å²) in [6, 6.07) is 6.90. The number of ether oxygens (including phenoxy) is 1. The fourth-order valence-corrected chi connectivity index (χ4v) is 1.05. The van der Waals surface area contributed by atoms with Crippen molar-refractivity contribution in [1.29, 1.82) is 0 Å². The van der Waals surface area contributed by atoms with E-state index in [9.17, 15) is 4.79 Å². The Morgan fingerprint density at radius 2 is 1.93 bits per heavy atom. The van der Waals surface area contributed by atoms with E-state index in [1.165, 1.54) is 6.08 Å². The van der Waals surface area contributed by atoms with Crippen molar-refractivity contribution in [2.75, 3.05) is 7.11 Å². The summed E-state index contributed by atoms with van der Waals surface area (Å²) in [4.78, 5) is 11.5. The SMILES string of the molecule is COc1ccc(C(=O)/C=C(/C)N)cc1. The second-order valence-corrected chi connectivity index (χ2v) is 2.98. The molecular formula is C11H13NO2. The van der Waals surface area contributed by atoms with Crippen molar-refractivity contribution < 1.29 is 9.53 Å². The summed E-state index contributed by atoms with van der Waals surface area (Å²) < 4.78 is 4.98. The van der Waals surface area contributed by atoms with Crippen LogP contribution < -0.4 is 10.5 Å². The first kappa shape index (κ1) is 10.3. The summed E-state index contributed by atoms with van der Waals surface area (Å²) in [5, 5.41) is 0. The third kappa shape index (κ3) is 2.62. The van der Waals surface area contributed by atoms with Crippen molar-refractivity contribution in [2.45, 2.75) is 6.92 Å². The minimum atomic E-state index is -0.0901. The number of carbonyl (C=O) groups is 1. The Hall–Kier alpha value is -1.77. The highest BCUT2D eigenvalue weighted by atomic mass is 16.5. The summed E-state index contributed by atoms with van der Waals surface area (Å²) in [5.74, 6) is 0.641. The predicted octanol–water partition coefficient (Wildman–Crippen LogP) is 1.74. The van der Waals surface area contributed by atoms with Gasteiger partial charge in [0.15, 0.2) is 5.78 Å². The molecule has 0 spiro atoms. The van der Waals surface area contributed by atoms with Crippen LogP contribution in [0.25, 0.3) is 0 Å². The molecule has 74 valence electrons. The molecule has 3 nitrogen and oxygen atoms in total. The molecule has 0 aliphatic rings. The number of carbonyl (C=O) groups excluding carboxylic acids is 1. The molecule has 1 aromatic rings. The standard InChI is InChI=1S/C11H13NO2/c1-8(12)7-11(13)9-3-5-10(14-2)6-4-9/h3-7H,12H2,1-2H3/b8-7-. The normalized spacial score (nSPS) is 11.1. The maximum Gasteiger partial charge on any atom is 0.187 e. The number of hydrogen-bond acceptors (Lipinski definition) is 3. The molecule has 2 N–H and O–H groups in total. The lowest BCUT2D eigenvalue weighted by molar-refractivity contribution is 0.104. The van der Waals surface area contributed by atoms with Gasteiger partial charge in [-0.15, -0.1) is 0 Å². The van der Waals surface area contributed by atoms with Crippen LogP contribution in [0.3, 0.4) is 0 Å². The molecule has 0 saturated carbocycles. The number of allylic oxidation sites excluding steroid dienone is 2. The number of hydrogen-bond donors (Lipinski definition) is 1. The number of nitrogens with two attached hydrogens (primary N) is 1. The largest absolute Gasteiger partial charge is 0.497 e. The Labute approximate surface area is 83.2 Å². The average molecular weight is 191 g/mol. The van der Waals surface area contributed by atoms with Crippen LogP contribution in [-0.2, 0) is 0 Å². The molecule has 0 bridgehead atoms. The Bertz CT molecular complexity index is 348. The Morgan fingerprint density at radius 1 is 1.36 bits per heavy atom. The van der Waals surface area contributed by atoms with E-state index in [0.717, 1.165) is 5.75 Å². The molecule has 14 heavy (non-hydrogen) atoms. The van der Waals surface area contributed by atoms with Gasteiger partial charge in [-0.1, -0.05) is 0 Å². The zero-order valence-electron chi connectivity index (χ0n) is 8.28. The summed E-state index contributed by atoms with van der Waals surface area (Å²) >= 11 is 0.